The summed E-state index contributed by atoms with van der Waals surface area (Å²) in [5.74, 6) is 0.0401. The van der Waals surface area contributed by atoms with Crippen LogP contribution in [0.2, 0.25) is 0 Å². The molecule has 168 valence electrons. The van der Waals surface area contributed by atoms with Crippen molar-refractivity contribution in [3.63, 3.8) is 0 Å². The van der Waals surface area contributed by atoms with Crippen molar-refractivity contribution < 1.29 is 27.9 Å². The monoisotopic (exact) mass is 464 g/mol. The Labute approximate surface area is 190 Å². The summed E-state index contributed by atoms with van der Waals surface area (Å²) >= 11 is 0. The number of hydrogen-bond acceptors (Lipinski definition) is 7. The van der Waals surface area contributed by atoms with Gasteiger partial charge in [-0.3, -0.25) is 4.55 Å². The number of aromatic hydroxyl groups is 1. The zero-order chi connectivity index (χ0) is 23.6. The van der Waals surface area contributed by atoms with Crippen molar-refractivity contribution in [2.45, 2.75) is 11.0 Å². The summed E-state index contributed by atoms with van der Waals surface area (Å²) in [5.41, 5.74) is 1.45. The molecular weight excluding hydrogens is 444 g/mol. The molecule has 0 spiro atoms. The maximum Gasteiger partial charge on any atom is 0.295 e. The molecule has 4 aromatic carbocycles. The van der Waals surface area contributed by atoms with Gasteiger partial charge in [0.2, 0.25) is 0 Å². The molecule has 0 fully saturated rings. The third kappa shape index (κ3) is 4.56. The first-order valence-electron chi connectivity index (χ1n) is 9.84. The second-order valence-corrected chi connectivity index (χ2v) is 8.60. The normalized spacial score (nSPS) is 12.8. The van der Waals surface area contributed by atoms with Crippen molar-refractivity contribution in [1.29, 1.82) is 0 Å². The summed E-state index contributed by atoms with van der Waals surface area (Å²) in [4.78, 5) is -0.391. The average molecular weight is 464 g/mol. The van der Waals surface area contributed by atoms with Gasteiger partial charge in [-0.2, -0.15) is 8.42 Å². The number of benzene rings is 4. The summed E-state index contributed by atoms with van der Waals surface area (Å²) in [6, 6.07) is 21.2. The molecule has 0 amide bonds. The fourth-order valence-electron chi connectivity index (χ4n) is 3.48. The van der Waals surface area contributed by atoms with Gasteiger partial charge >= 0.3 is 0 Å². The minimum Gasteiger partial charge on any atom is -0.505 e. The van der Waals surface area contributed by atoms with Crippen molar-refractivity contribution in [2.24, 2.45) is 10.2 Å². The zero-order valence-electron chi connectivity index (χ0n) is 17.5. The molecule has 0 saturated carbocycles. The van der Waals surface area contributed by atoms with Crippen molar-refractivity contribution >= 4 is 32.3 Å². The van der Waals surface area contributed by atoms with Crippen LogP contribution < -0.4 is 4.74 Å². The van der Waals surface area contributed by atoms with Gasteiger partial charge in [0.1, 0.15) is 28.1 Å². The molecule has 0 aliphatic carbocycles. The van der Waals surface area contributed by atoms with Crippen LogP contribution in [0.15, 0.2) is 94.0 Å². The van der Waals surface area contributed by atoms with Crippen LogP contribution in [0.1, 0.15) is 17.2 Å². The van der Waals surface area contributed by atoms with E-state index in [0.29, 0.717) is 22.6 Å². The smallest absolute Gasteiger partial charge is 0.295 e. The number of methoxy groups -OCH3 is 1. The third-order valence-corrected chi connectivity index (χ3v) is 6.03. The van der Waals surface area contributed by atoms with Gasteiger partial charge in [0.15, 0.2) is 5.75 Å². The SMILES string of the molecule is COc1cc(C(O)c2ccccc2)ccc1/N=N/c1cc(S(=O)(=O)O)c2ccccc2c1O. The largest absolute Gasteiger partial charge is 0.505 e. The Morgan fingerprint density at radius 3 is 2.12 bits per heavy atom. The molecule has 0 aliphatic rings. The third-order valence-electron chi connectivity index (χ3n) is 5.14. The molecule has 1 atom stereocenters. The molecule has 4 rings (SSSR count). The highest BCUT2D eigenvalue weighted by atomic mass is 32.2. The van der Waals surface area contributed by atoms with Crippen molar-refractivity contribution in [2.75, 3.05) is 7.11 Å². The fourth-order valence-corrected chi connectivity index (χ4v) is 4.20. The molecule has 4 aromatic rings. The van der Waals surface area contributed by atoms with Crippen LogP contribution in [0.4, 0.5) is 11.4 Å². The van der Waals surface area contributed by atoms with Crippen LogP contribution in [0.25, 0.3) is 10.8 Å². The number of phenolic OH excluding ortho intramolecular Hbond substituents is 1. The van der Waals surface area contributed by atoms with Gasteiger partial charge < -0.3 is 14.9 Å². The highest BCUT2D eigenvalue weighted by Crippen LogP contribution is 2.40. The van der Waals surface area contributed by atoms with Crippen LogP contribution in [0.5, 0.6) is 11.5 Å². The second-order valence-electron chi connectivity index (χ2n) is 7.21. The first kappa shape index (κ1) is 22.4. The van der Waals surface area contributed by atoms with Gasteiger partial charge in [-0.1, -0.05) is 60.7 Å². The summed E-state index contributed by atoms with van der Waals surface area (Å²) in [5, 5.41) is 29.7. The van der Waals surface area contributed by atoms with Gasteiger partial charge in [0.05, 0.1) is 7.11 Å². The Morgan fingerprint density at radius 2 is 1.45 bits per heavy atom. The van der Waals surface area contributed by atoms with E-state index in [4.69, 9.17) is 4.74 Å². The standard InChI is InChI=1S/C24H20N2O6S/c1-32-21-13-16(23(27)15-7-3-2-4-8-15)11-12-19(21)25-26-20-14-22(33(29,30)31)17-9-5-6-10-18(17)24(20)28/h2-14,23,27-28H,1H3,(H,29,30,31)/b26-25+. The molecule has 0 heterocycles. The Morgan fingerprint density at radius 1 is 0.818 bits per heavy atom. The average Bonchev–Trinajstić information content (AvgIpc) is 2.83. The molecule has 0 aromatic heterocycles. The van der Waals surface area contributed by atoms with E-state index in [0.717, 1.165) is 6.07 Å². The van der Waals surface area contributed by atoms with Crippen molar-refractivity contribution in [3.8, 4) is 11.5 Å². The number of fused-ring (bicyclic) bond motifs is 1. The minimum atomic E-state index is -4.57. The van der Waals surface area contributed by atoms with E-state index in [2.05, 4.69) is 10.2 Å². The number of azo groups is 1. The molecule has 0 radical (unpaired) electrons. The summed E-state index contributed by atoms with van der Waals surface area (Å²) < 4.78 is 38.7. The number of nitrogens with zero attached hydrogens (tertiary/aromatic N) is 2. The quantitative estimate of drug-likeness (QED) is 0.262. The lowest BCUT2D eigenvalue weighted by molar-refractivity contribution is 0.220. The summed E-state index contributed by atoms with van der Waals surface area (Å²) in [6.45, 7) is 0. The predicted octanol–water partition coefficient (Wildman–Crippen LogP) is 5.30. The maximum atomic E-state index is 11.9. The highest BCUT2D eigenvalue weighted by Gasteiger charge is 2.19. The van der Waals surface area contributed by atoms with Crippen molar-refractivity contribution in [1.82, 2.24) is 0 Å². The molecule has 3 N–H and O–H groups in total. The van der Waals surface area contributed by atoms with Crippen LogP contribution in [-0.2, 0) is 10.1 Å². The number of aliphatic hydroxyl groups excluding tert-OH is 1. The van der Waals surface area contributed by atoms with Gasteiger partial charge in [0.25, 0.3) is 10.1 Å². The Bertz CT molecular complexity index is 1450. The van der Waals surface area contributed by atoms with E-state index in [1.54, 1.807) is 42.5 Å². The number of phenols is 1. The lowest BCUT2D eigenvalue weighted by Crippen LogP contribution is -1.99. The molecule has 0 saturated heterocycles. The molecule has 0 aliphatic heterocycles. The van der Waals surface area contributed by atoms with E-state index in [-0.39, 0.29) is 22.2 Å². The van der Waals surface area contributed by atoms with E-state index in [9.17, 15) is 23.2 Å². The first-order valence-corrected chi connectivity index (χ1v) is 11.3. The number of ether oxygens (including phenoxy) is 1. The number of aliphatic hydroxyl groups is 1. The van der Waals surface area contributed by atoms with Gasteiger partial charge in [0, 0.05) is 10.8 Å². The number of rotatable bonds is 6. The molecule has 33 heavy (non-hydrogen) atoms. The van der Waals surface area contributed by atoms with E-state index in [1.807, 2.05) is 18.2 Å². The van der Waals surface area contributed by atoms with E-state index >= 15 is 0 Å². The molecule has 8 nitrogen and oxygen atoms in total. The van der Waals surface area contributed by atoms with E-state index < -0.39 is 21.1 Å². The fraction of sp³-hybridized carbons (Fsp3) is 0.0833. The predicted molar refractivity (Wildman–Crippen MR) is 123 cm³/mol. The Kier molecular flexibility index (Phi) is 6.10. The summed E-state index contributed by atoms with van der Waals surface area (Å²) in [7, 11) is -3.13. The van der Waals surface area contributed by atoms with Gasteiger partial charge in [-0.25, -0.2) is 0 Å². The summed E-state index contributed by atoms with van der Waals surface area (Å²) in [6.07, 6.45) is -0.868. The topological polar surface area (TPSA) is 129 Å². The van der Waals surface area contributed by atoms with Crippen LogP contribution >= 0.6 is 0 Å². The Balaban J connectivity index is 1.74. The maximum absolute atomic E-state index is 11.9. The molecule has 0 bridgehead atoms. The first-order chi connectivity index (χ1) is 15.8. The van der Waals surface area contributed by atoms with Crippen LogP contribution in [-0.4, -0.2) is 30.3 Å². The lowest BCUT2D eigenvalue weighted by atomic mass is 10.0. The lowest BCUT2D eigenvalue weighted by Gasteiger charge is -2.13. The highest BCUT2D eigenvalue weighted by molar-refractivity contribution is 7.86. The van der Waals surface area contributed by atoms with Gasteiger partial charge in [-0.05, 0) is 29.3 Å². The number of hydrogen-bond donors (Lipinski definition) is 3. The second kappa shape index (κ2) is 8.99. The van der Waals surface area contributed by atoms with Crippen molar-refractivity contribution in [3.05, 3.63) is 90.0 Å². The minimum absolute atomic E-state index is 0.142. The Hall–Kier alpha value is -3.79. The molecule has 9 heteroatoms. The molecule has 1 unspecified atom stereocenters. The molecular formula is C24H20N2O6S. The van der Waals surface area contributed by atoms with Crippen LogP contribution in [0, 0.1) is 0 Å². The van der Waals surface area contributed by atoms with Crippen LogP contribution in [0.3, 0.4) is 0 Å². The van der Waals surface area contributed by atoms with Gasteiger partial charge in [-0.15, -0.1) is 10.2 Å². The van der Waals surface area contributed by atoms with E-state index in [1.165, 1.54) is 19.2 Å². The zero-order valence-corrected chi connectivity index (χ0v) is 18.3.